The molecule has 1 aliphatic heterocycles. The molecule has 0 aromatic carbocycles. The number of nitrogens with zero attached hydrogens (tertiary/aromatic N) is 2. The van der Waals surface area contributed by atoms with E-state index in [4.69, 9.17) is 11.6 Å². The van der Waals surface area contributed by atoms with Crippen molar-refractivity contribution in [2.45, 2.75) is 23.5 Å². The van der Waals surface area contributed by atoms with Crippen molar-refractivity contribution >= 4 is 38.9 Å². The molecule has 9 heteroatoms. The standard InChI is InChI=1S/C14H22ClN3O3S2/c1-16-7-2-4-13(19)17-8-3-9-18(11-10-17)23(20,21)14-6-5-12(15)22-14/h5-6,16H,2-4,7-11H2,1H3. The minimum absolute atomic E-state index is 0.0960. The Morgan fingerprint density at radius 1 is 1.30 bits per heavy atom. The van der Waals surface area contributed by atoms with Gasteiger partial charge in [0.25, 0.3) is 10.0 Å². The van der Waals surface area contributed by atoms with Crippen LogP contribution in [-0.2, 0) is 14.8 Å². The van der Waals surface area contributed by atoms with E-state index in [0.29, 0.717) is 43.4 Å². The zero-order valence-corrected chi connectivity index (χ0v) is 15.5. The Bertz CT molecular complexity index is 633. The van der Waals surface area contributed by atoms with Gasteiger partial charge in [-0.3, -0.25) is 4.79 Å². The summed E-state index contributed by atoms with van der Waals surface area (Å²) in [4.78, 5) is 13.9. The van der Waals surface area contributed by atoms with Gasteiger partial charge in [-0.2, -0.15) is 4.31 Å². The highest BCUT2D eigenvalue weighted by Crippen LogP contribution is 2.28. The van der Waals surface area contributed by atoms with Crippen molar-refractivity contribution in [3.63, 3.8) is 0 Å². The maximum Gasteiger partial charge on any atom is 0.252 e. The molecule has 0 radical (unpaired) electrons. The normalized spacial score (nSPS) is 17.2. The molecule has 0 bridgehead atoms. The molecule has 1 amide bonds. The summed E-state index contributed by atoms with van der Waals surface area (Å²) >= 11 is 6.90. The zero-order valence-electron chi connectivity index (χ0n) is 13.1. The number of nitrogens with one attached hydrogen (secondary N) is 1. The fraction of sp³-hybridized carbons (Fsp3) is 0.643. The van der Waals surface area contributed by atoms with Crippen LogP contribution in [0.3, 0.4) is 0 Å². The number of thiophene rings is 1. The number of carbonyl (C=O) groups excluding carboxylic acids is 1. The van der Waals surface area contributed by atoms with Gasteiger partial charge in [0.05, 0.1) is 4.34 Å². The fourth-order valence-corrected chi connectivity index (χ4v) is 5.63. The monoisotopic (exact) mass is 379 g/mol. The van der Waals surface area contributed by atoms with Crippen molar-refractivity contribution in [2.75, 3.05) is 39.8 Å². The summed E-state index contributed by atoms with van der Waals surface area (Å²) in [7, 11) is -1.66. The predicted molar refractivity (Wildman–Crippen MR) is 92.4 cm³/mol. The maximum absolute atomic E-state index is 12.6. The first-order chi connectivity index (χ1) is 10.9. The Hall–Kier alpha value is -0.670. The quantitative estimate of drug-likeness (QED) is 0.762. The van der Waals surface area contributed by atoms with Crippen LogP contribution in [-0.4, -0.2) is 63.3 Å². The number of rotatable bonds is 6. The van der Waals surface area contributed by atoms with E-state index < -0.39 is 10.0 Å². The molecule has 1 fully saturated rings. The van der Waals surface area contributed by atoms with Gasteiger partial charge >= 0.3 is 0 Å². The summed E-state index contributed by atoms with van der Waals surface area (Å²) in [6.45, 7) is 2.61. The molecule has 23 heavy (non-hydrogen) atoms. The Kier molecular flexibility index (Phi) is 6.84. The lowest BCUT2D eigenvalue weighted by atomic mass is 10.2. The SMILES string of the molecule is CNCCCC(=O)N1CCCN(S(=O)(=O)c2ccc(Cl)s2)CC1. The average Bonchev–Trinajstić information content (AvgIpc) is 2.81. The van der Waals surface area contributed by atoms with Gasteiger partial charge in [-0.1, -0.05) is 11.6 Å². The van der Waals surface area contributed by atoms with E-state index in [1.807, 2.05) is 7.05 Å². The summed E-state index contributed by atoms with van der Waals surface area (Å²) < 4.78 is 27.4. The fourth-order valence-electron chi connectivity index (χ4n) is 2.52. The van der Waals surface area contributed by atoms with Crippen LogP contribution >= 0.6 is 22.9 Å². The lowest BCUT2D eigenvalue weighted by Gasteiger charge is -2.21. The van der Waals surface area contributed by atoms with Crippen LogP contribution in [0.25, 0.3) is 0 Å². The van der Waals surface area contributed by atoms with Gasteiger partial charge in [-0.05, 0) is 38.6 Å². The van der Waals surface area contributed by atoms with Crippen molar-refractivity contribution in [3.05, 3.63) is 16.5 Å². The first kappa shape index (κ1) is 18.7. The van der Waals surface area contributed by atoms with Crippen molar-refractivity contribution in [3.8, 4) is 0 Å². The van der Waals surface area contributed by atoms with E-state index >= 15 is 0 Å². The number of hydrogen-bond acceptors (Lipinski definition) is 5. The third-order valence-electron chi connectivity index (χ3n) is 3.77. The topological polar surface area (TPSA) is 69.7 Å². The van der Waals surface area contributed by atoms with Crippen molar-refractivity contribution < 1.29 is 13.2 Å². The molecule has 1 aliphatic rings. The van der Waals surface area contributed by atoms with E-state index in [1.54, 1.807) is 11.0 Å². The zero-order chi connectivity index (χ0) is 16.9. The van der Waals surface area contributed by atoms with Gasteiger partial charge in [0.1, 0.15) is 4.21 Å². The minimum Gasteiger partial charge on any atom is -0.341 e. The number of halogens is 1. The molecule has 1 aromatic rings. The predicted octanol–water partition coefficient (Wildman–Crippen LogP) is 1.62. The van der Waals surface area contributed by atoms with Crippen LogP contribution in [0.2, 0.25) is 4.34 Å². The molecule has 0 aliphatic carbocycles. The summed E-state index contributed by atoms with van der Waals surface area (Å²) in [5.74, 6) is 0.0960. The lowest BCUT2D eigenvalue weighted by Crippen LogP contribution is -2.37. The second-order valence-corrected chi connectivity index (χ2v) is 9.28. The van der Waals surface area contributed by atoms with Crippen LogP contribution in [0.4, 0.5) is 0 Å². The van der Waals surface area contributed by atoms with E-state index in [0.717, 1.165) is 24.3 Å². The highest BCUT2D eigenvalue weighted by atomic mass is 35.5. The molecule has 2 heterocycles. The van der Waals surface area contributed by atoms with E-state index in [2.05, 4.69) is 5.32 Å². The van der Waals surface area contributed by atoms with E-state index in [1.165, 1.54) is 10.4 Å². The van der Waals surface area contributed by atoms with Gasteiger partial charge in [-0.25, -0.2) is 8.42 Å². The van der Waals surface area contributed by atoms with E-state index in [9.17, 15) is 13.2 Å². The molecule has 6 nitrogen and oxygen atoms in total. The highest BCUT2D eigenvalue weighted by Gasteiger charge is 2.29. The molecule has 1 N–H and O–H groups in total. The Balaban J connectivity index is 1.97. The first-order valence-electron chi connectivity index (χ1n) is 7.63. The van der Waals surface area contributed by atoms with E-state index in [-0.39, 0.29) is 10.1 Å². The molecule has 0 saturated carbocycles. The molecule has 0 unspecified atom stereocenters. The second-order valence-electron chi connectivity index (χ2n) is 5.40. The Labute approximate surface area is 146 Å². The minimum atomic E-state index is -3.52. The van der Waals surface area contributed by atoms with Gasteiger partial charge in [0, 0.05) is 32.6 Å². The van der Waals surface area contributed by atoms with Crippen LogP contribution in [0, 0.1) is 0 Å². The summed E-state index contributed by atoms with van der Waals surface area (Å²) in [6, 6.07) is 3.13. The molecule has 130 valence electrons. The van der Waals surface area contributed by atoms with Crippen LogP contribution in [0.5, 0.6) is 0 Å². The van der Waals surface area contributed by atoms with Crippen LogP contribution in [0.1, 0.15) is 19.3 Å². The van der Waals surface area contributed by atoms with Crippen LogP contribution < -0.4 is 5.32 Å². The molecule has 0 atom stereocenters. The van der Waals surface area contributed by atoms with Crippen molar-refractivity contribution in [2.24, 2.45) is 0 Å². The van der Waals surface area contributed by atoms with Gasteiger partial charge in [0.2, 0.25) is 5.91 Å². The first-order valence-corrected chi connectivity index (χ1v) is 10.3. The third kappa shape index (κ3) is 4.90. The average molecular weight is 380 g/mol. The number of amides is 1. The maximum atomic E-state index is 12.6. The molecule has 0 spiro atoms. The summed E-state index contributed by atoms with van der Waals surface area (Å²) in [5, 5.41) is 3.02. The number of sulfonamides is 1. The Morgan fingerprint density at radius 3 is 2.74 bits per heavy atom. The smallest absolute Gasteiger partial charge is 0.252 e. The number of carbonyl (C=O) groups is 1. The summed E-state index contributed by atoms with van der Waals surface area (Å²) in [5.41, 5.74) is 0. The molecule has 2 rings (SSSR count). The molecular formula is C14H22ClN3O3S2. The summed E-state index contributed by atoms with van der Waals surface area (Å²) in [6.07, 6.45) is 1.94. The molecule has 1 aromatic heterocycles. The number of hydrogen-bond donors (Lipinski definition) is 1. The molecular weight excluding hydrogens is 358 g/mol. The second kappa shape index (κ2) is 8.43. The Morgan fingerprint density at radius 2 is 2.09 bits per heavy atom. The lowest BCUT2D eigenvalue weighted by molar-refractivity contribution is -0.131. The van der Waals surface area contributed by atoms with Crippen molar-refractivity contribution in [1.29, 1.82) is 0 Å². The van der Waals surface area contributed by atoms with Gasteiger partial charge in [0.15, 0.2) is 0 Å². The van der Waals surface area contributed by atoms with Crippen LogP contribution in [0.15, 0.2) is 16.3 Å². The molecule has 1 saturated heterocycles. The van der Waals surface area contributed by atoms with Gasteiger partial charge in [-0.15, -0.1) is 11.3 Å². The third-order valence-corrected chi connectivity index (χ3v) is 7.36. The van der Waals surface area contributed by atoms with Gasteiger partial charge < -0.3 is 10.2 Å². The largest absolute Gasteiger partial charge is 0.341 e. The highest BCUT2D eigenvalue weighted by molar-refractivity contribution is 7.91. The van der Waals surface area contributed by atoms with Crippen molar-refractivity contribution in [1.82, 2.24) is 14.5 Å².